The summed E-state index contributed by atoms with van der Waals surface area (Å²) in [5, 5.41) is 0. The molecule has 0 N–H and O–H groups in total. The highest BCUT2D eigenvalue weighted by atomic mass is 16.5. The zero-order valence-corrected chi connectivity index (χ0v) is 8.61. The molecule has 2 nitrogen and oxygen atoms in total. The third-order valence-corrected chi connectivity index (χ3v) is 2.47. The van der Waals surface area contributed by atoms with E-state index in [1.807, 2.05) is 18.2 Å². The van der Waals surface area contributed by atoms with Crippen LogP contribution in [0, 0.1) is 0 Å². The van der Waals surface area contributed by atoms with Crippen molar-refractivity contribution in [3.63, 3.8) is 0 Å². The summed E-state index contributed by atoms with van der Waals surface area (Å²) in [6, 6.07) is 10.1. The second kappa shape index (κ2) is 4.78. The quantitative estimate of drug-likeness (QED) is 0.654. The molecule has 1 saturated heterocycles. The third kappa shape index (κ3) is 2.94. The van der Waals surface area contributed by atoms with Crippen LogP contribution in [0.25, 0.3) is 6.08 Å². The van der Waals surface area contributed by atoms with Gasteiger partial charge in [-0.2, -0.15) is 0 Å². The molecule has 0 spiro atoms. The van der Waals surface area contributed by atoms with Crippen molar-refractivity contribution in [2.24, 2.45) is 0 Å². The van der Waals surface area contributed by atoms with E-state index in [9.17, 15) is 4.79 Å². The van der Waals surface area contributed by atoms with Gasteiger partial charge >= 0.3 is 5.97 Å². The molecular weight excluding hydrogens is 188 g/mol. The lowest BCUT2D eigenvalue weighted by atomic mass is 10.1. The van der Waals surface area contributed by atoms with Crippen LogP contribution >= 0.6 is 0 Å². The number of carbonyl (C=O) groups is 1. The van der Waals surface area contributed by atoms with Crippen LogP contribution in [0.3, 0.4) is 0 Å². The summed E-state index contributed by atoms with van der Waals surface area (Å²) >= 11 is 0. The Morgan fingerprint density at radius 2 is 1.93 bits per heavy atom. The molecule has 1 aliphatic rings. The highest BCUT2D eigenvalue weighted by Crippen LogP contribution is 2.17. The SMILES string of the molecule is O=C1CCC/C(=C/c2ccccc2)CO1. The Kier molecular flexibility index (Phi) is 3.18. The fourth-order valence-electron chi connectivity index (χ4n) is 1.68. The number of esters is 1. The van der Waals surface area contributed by atoms with E-state index in [0.717, 1.165) is 12.8 Å². The van der Waals surface area contributed by atoms with Gasteiger partial charge in [0.2, 0.25) is 0 Å². The predicted molar refractivity (Wildman–Crippen MR) is 59.2 cm³/mol. The fourth-order valence-corrected chi connectivity index (χ4v) is 1.68. The molecule has 0 aromatic heterocycles. The number of rotatable bonds is 1. The van der Waals surface area contributed by atoms with E-state index < -0.39 is 0 Å². The molecule has 0 unspecified atom stereocenters. The molecule has 2 rings (SSSR count). The van der Waals surface area contributed by atoms with E-state index >= 15 is 0 Å². The Morgan fingerprint density at radius 1 is 1.13 bits per heavy atom. The minimum Gasteiger partial charge on any atom is -0.461 e. The molecule has 1 aromatic rings. The molecule has 0 radical (unpaired) electrons. The summed E-state index contributed by atoms with van der Waals surface area (Å²) in [7, 11) is 0. The molecule has 15 heavy (non-hydrogen) atoms. The molecule has 0 atom stereocenters. The second-order valence-corrected chi connectivity index (χ2v) is 3.73. The molecule has 1 heterocycles. The second-order valence-electron chi connectivity index (χ2n) is 3.73. The van der Waals surface area contributed by atoms with E-state index in [1.165, 1.54) is 11.1 Å². The first kappa shape index (κ1) is 9.97. The lowest BCUT2D eigenvalue weighted by Crippen LogP contribution is -2.01. The zero-order chi connectivity index (χ0) is 10.5. The van der Waals surface area contributed by atoms with Gasteiger partial charge < -0.3 is 4.74 Å². The largest absolute Gasteiger partial charge is 0.461 e. The Bertz CT molecular complexity index is 365. The van der Waals surface area contributed by atoms with Gasteiger partial charge in [-0.3, -0.25) is 4.79 Å². The van der Waals surface area contributed by atoms with Crippen molar-refractivity contribution < 1.29 is 9.53 Å². The highest BCUT2D eigenvalue weighted by molar-refractivity contribution is 5.70. The van der Waals surface area contributed by atoms with E-state index in [0.29, 0.717) is 13.0 Å². The van der Waals surface area contributed by atoms with Crippen LogP contribution in [0.2, 0.25) is 0 Å². The summed E-state index contributed by atoms with van der Waals surface area (Å²) in [6.07, 6.45) is 4.52. The monoisotopic (exact) mass is 202 g/mol. The molecule has 2 heteroatoms. The molecule has 0 aliphatic carbocycles. The van der Waals surface area contributed by atoms with Gasteiger partial charge in [0.05, 0.1) is 0 Å². The van der Waals surface area contributed by atoms with Crippen LogP contribution in [0.15, 0.2) is 35.9 Å². The molecule has 1 aliphatic heterocycles. The number of hydrogen-bond donors (Lipinski definition) is 0. The molecule has 1 aromatic carbocycles. The maximum absolute atomic E-state index is 11.0. The van der Waals surface area contributed by atoms with E-state index in [1.54, 1.807) is 0 Å². The van der Waals surface area contributed by atoms with Crippen molar-refractivity contribution >= 4 is 12.0 Å². The summed E-state index contributed by atoms with van der Waals surface area (Å²) in [4.78, 5) is 11.0. The van der Waals surface area contributed by atoms with Crippen molar-refractivity contribution in [2.45, 2.75) is 19.3 Å². The standard InChI is InChI=1S/C13H14O2/c14-13-8-4-7-12(10-15-13)9-11-5-2-1-3-6-11/h1-3,5-6,9H,4,7-8,10H2/b12-9-. The number of hydrogen-bond acceptors (Lipinski definition) is 2. The summed E-state index contributed by atoms with van der Waals surface area (Å²) < 4.78 is 5.08. The van der Waals surface area contributed by atoms with Gasteiger partial charge in [0.1, 0.15) is 6.61 Å². The van der Waals surface area contributed by atoms with Crippen LogP contribution in [0.4, 0.5) is 0 Å². The topological polar surface area (TPSA) is 26.3 Å². The minimum absolute atomic E-state index is 0.0774. The van der Waals surface area contributed by atoms with E-state index in [4.69, 9.17) is 4.74 Å². The average Bonchev–Trinajstić information content (AvgIpc) is 2.46. The summed E-state index contributed by atoms with van der Waals surface area (Å²) in [5.74, 6) is -0.0774. The lowest BCUT2D eigenvalue weighted by molar-refractivity contribution is -0.141. The zero-order valence-electron chi connectivity index (χ0n) is 8.61. The fraction of sp³-hybridized carbons (Fsp3) is 0.308. The maximum atomic E-state index is 11.0. The molecule has 78 valence electrons. The van der Waals surface area contributed by atoms with Crippen molar-refractivity contribution in [1.82, 2.24) is 0 Å². The van der Waals surface area contributed by atoms with Crippen molar-refractivity contribution in [2.75, 3.05) is 6.61 Å². The normalized spacial score (nSPS) is 19.7. The van der Waals surface area contributed by atoms with Gasteiger partial charge in [0, 0.05) is 6.42 Å². The Balaban J connectivity index is 2.10. The van der Waals surface area contributed by atoms with Gasteiger partial charge in [-0.15, -0.1) is 0 Å². The number of benzene rings is 1. The molecule has 0 amide bonds. The minimum atomic E-state index is -0.0774. The molecule has 0 saturated carbocycles. The van der Waals surface area contributed by atoms with E-state index in [-0.39, 0.29) is 5.97 Å². The number of ether oxygens (including phenoxy) is 1. The van der Waals surface area contributed by atoms with Crippen LogP contribution in [-0.4, -0.2) is 12.6 Å². The van der Waals surface area contributed by atoms with Crippen molar-refractivity contribution in [3.05, 3.63) is 41.5 Å². The number of carbonyl (C=O) groups excluding carboxylic acids is 1. The van der Waals surface area contributed by atoms with Crippen LogP contribution in [-0.2, 0) is 9.53 Å². The number of cyclic esters (lactones) is 1. The van der Waals surface area contributed by atoms with Gasteiger partial charge in [-0.1, -0.05) is 36.4 Å². The predicted octanol–water partition coefficient (Wildman–Crippen LogP) is 2.80. The smallest absolute Gasteiger partial charge is 0.306 e. The lowest BCUT2D eigenvalue weighted by Gasteiger charge is -2.02. The van der Waals surface area contributed by atoms with Gasteiger partial charge in [-0.05, 0) is 24.0 Å². The van der Waals surface area contributed by atoms with Gasteiger partial charge in [-0.25, -0.2) is 0 Å². The van der Waals surface area contributed by atoms with Gasteiger partial charge in [0.25, 0.3) is 0 Å². The molecule has 1 fully saturated rings. The van der Waals surface area contributed by atoms with Crippen LogP contribution in [0.1, 0.15) is 24.8 Å². The molecular formula is C13H14O2. The summed E-state index contributed by atoms with van der Waals surface area (Å²) in [5.41, 5.74) is 2.37. The maximum Gasteiger partial charge on any atom is 0.306 e. The highest BCUT2D eigenvalue weighted by Gasteiger charge is 2.10. The Labute approximate surface area is 89.6 Å². The first-order valence-electron chi connectivity index (χ1n) is 5.25. The first-order valence-corrected chi connectivity index (χ1v) is 5.25. The average molecular weight is 202 g/mol. The Hall–Kier alpha value is -1.57. The van der Waals surface area contributed by atoms with Crippen LogP contribution in [0.5, 0.6) is 0 Å². The van der Waals surface area contributed by atoms with E-state index in [2.05, 4.69) is 18.2 Å². The van der Waals surface area contributed by atoms with Crippen molar-refractivity contribution in [3.8, 4) is 0 Å². The molecule has 0 bridgehead atoms. The first-order chi connectivity index (χ1) is 7.34. The van der Waals surface area contributed by atoms with Gasteiger partial charge in [0.15, 0.2) is 0 Å². The van der Waals surface area contributed by atoms with Crippen LogP contribution < -0.4 is 0 Å². The summed E-state index contributed by atoms with van der Waals surface area (Å²) in [6.45, 7) is 0.452. The Morgan fingerprint density at radius 3 is 2.73 bits per heavy atom. The third-order valence-electron chi connectivity index (χ3n) is 2.47. The van der Waals surface area contributed by atoms with Crippen molar-refractivity contribution in [1.29, 1.82) is 0 Å².